The number of phenols is 1. The molecule has 5 amide bonds. The predicted octanol–water partition coefficient (Wildman–Crippen LogP) is 0.785. The summed E-state index contributed by atoms with van der Waals surface area (Å²) < 4.78 is 6.86. The standard InChI is InChI=1S/C40H47N9O10S/c1-22(48(2)37(54)28(41)18-23-7-6-8-25(50)17-23)34(36(53)43-21-26-11-12-33(59-26)49-15-13-32(51)46-40(49)58)47-35(52)30(14-16-60-3)44-39(57)45-31(38(55)56)19-24-20-42-29-10-5-4-9-27(24)29/h4-13,15,17,20-22,28,30-31,33-34,42,50H,14,16,18-19,41H2,1-3H3,(H,43,53)(H,47,52)(H,55,56)(H2,44,45,57)(H,46,51,58). The summed E-state index contributed by atoms with van der Waals surface area (Å²) in [4.78, 5) is 97.4. The number of carbonyl (C=O) groups is 5. The number of aliphatic carboxylic acids is 1. The molecule has 0 saturated heterocycles. The maximum atomic E-state index is 14.0. The van der Waals surface area contributed by atoms with Crippen LogP contribution in [0.5, 0.6) is 5.75 Å². The number of carboxylic acid groups (broad SMARTS) is 1. The van der Waals surface area contributed by atoms with Crippen LogP contribution in [-0.4, -0.2) is 109 Å². The number of urea groups is 1. The van der Waals surface area contributed by atoms with Crippen molar-refractivity contribution in [1.82, 2.24) is 40.7 Å². The Morgan fingerprint density at radius 1 is 1.02 bits per heavy atom. The molecule has 0 spiro atoms. The number of nitrogens with two attached hydrogens (primary N) is 1. The van der Waals surface area contributed by atoms with Gasteiger partial charge in [-0.15, -0.1) is 0 Å². The number of thioether (sulfide) groups is 1. The second-order valence-corrected chi connectivity index (χ2v) is 15.0. The Labute approximate surface area is 347 Å². The lowest BCUT2D eigenvalue weighted by Gasteiger charge is -2.34. The molecule has 60 heavy (non-hydrogen) atoms. The number of aromatic nitrogens is 3. The smallest absolute Gasteiger partial charge is 0.331 e. The van der Waals surface area contributed by atoms with E-state index >= 15 is 0 Å². The van der Waals surface area contributed by atoms with Crippen LogP contribution in [0.3, 0.4) is 0 Å². The highest BCUT2D eigenvalue weighted by molar-refractivity contribution is 7.98. The van der Waals surface area contributed by atoms with Crippen LogP contribution in [0, 0.1) is 0 Å². The maximum Gasteiger partial charge on any atom is 0.331 e. The second-order valence-electron chi connectivity index (χ2n) is 14.0. The Kier molecular flexibility index (Phi) is 15.0. The number of aromatic hydroxyl groups is 1. The van der Waals surface area contributed by atoms with E-state index in [1.54, 1.807) is 24.6 Å². The van der Waals surface area contributed by atoms with Gasteiger partial charge in [0.15, 0.2) is 6.23 Å². The maximum absolute atomic E-state index is 14.0. The SMILES string of the molecule is CSCCC(NC(=O)NC(Cc1c[nH]c2ccccc12)C(=O)O)C(=O)NC(C(=O)NC=C1C=CC(n2ccc(=O)[nH]c2=O)O1)C(C)N(C)C(=O)C(N)Cc1cccc(O)c1. The molecule has 5 rings (SSSR count). The summed E-state index contributed by atoms with van der Waals surface area (Å²) in [6.45, 7) is 1.51. The zero-order chi connectivity index (χ0) is 43.5. The van der Waals surface area contributed by atoms with Gasteiger partial charge >= 0.3 is 17.7 Å². The van der Waals surface area contributed by atoms with Gasteiger partial charge < -0.3 is 51.8 Å². The van der Waals surface area contributed by atoms with Gasteiger partial charge in [0.05, 0.1) is 12.1 Å². The van der Waals surface area contributed by atoms with Crippen LogP contribution in [0.15, 0.2) is 101 Å². The van der Waals surface area contributed by atoms with E-state index in [1.807, 2.05) is 24.3 Å². The number of fused-ring (bicyclic) bond motifs is 1. The van der Waals surface area contributed by atoms with Crippen molar-refractivity contribution >= 4 is 52.4 Å². The van der Waals surface area contributed by atoms with Gasteiger partial charge in [-0.05, 0) is 73.3 Å². The molecule has 2 aromatic carbocycles. The number of hydrogen-bond acceptors (Lipinski definition) is 11. The van der Waals surface area contributed by atoms with Gasteiger partial charge in [-0.25, -0.2) is 14.4 Å². The number of para-hydroxylation sites is 1. The average molecular weight is 846 g/mol. The number of likely N-dealkylation sites (N-methyl/N-ethyl adjacent to an activating group) is 1. The number of H-pyrrole nitrogens is 2. The van der Waals surface area contributed by atoms with Gasteiger partial charge in [0.25, 0.3) is 5.56 Å². The molecule has 3 heterocycles. The minimum atomic E-state index is -1.46. The van der Waals surface area contributed by atoms with Crippen molar-refractivity contribution in [3.8, 4) is 5.75 Å². The van der Waals surface area contributed by atoms with E-state index in [2.05, 4.69) is 31.2 Å². The van der Waals surface area contributed by atoms with Gasteiger partial charge in [-0.2, -0.15) is 11.8 Å². The number of amides is 5. The van der Waals surface area contributed by atoms with Gasteiger partial charge in [-0.3, -0.25) is 28.7 Å². The van der Waals surface area contributed by atoms with Crippen molar-refractivity contribution in [3.05, 3.63) is 123 Å². The third-order valence-corrected chi connectivity index (χ3v) is 10.4. The molecule has 0 saturated carbocycles. The van der Waals surface area contributed by atoms with Gasteiger partial charge in [0, 0.05) is 49.0 Å². The van der Waals surface area contributed by atoms with Crippen LogP contribution in [0.4, 0.5) is 4.79 Å². The van der Waals surface area contributed by atoms with Crippen molar-refractivity contribution in [1.29, 1.82) is 0 Å². The molecule has 2 aromatic heterocycles. The van der Waals surface area contributed by atoms with Crippen molar-refractivity contribution < 1.29 is 38.9 Å². The molecule has 20 heteroatoms. The molecular formula is C40H47N9O10S. The minimum Gasteiger partial charge on any atom is -0.508 e. The summed E-state index contributed by atoms with van der Waals surface area (Å²) in [5.74, 6) is -3.00. The Morgan fingerprint density at radius 2 is 1.77 bits per heavy atom. The molecule has 0 radical (unpaired) electrons. The molecule has 318 valence electrons. The number of carbonyl (C=O) groups excluding carboxylic acids is 4. The summed E-state index contributed by atoms with van der Waals surface area (Å²) in [5.41, 5.74) is 7.02. The highest BCUT2D eigenvalue weighted by Crippen LogP contribution is 2.22. The molecule has 6 unspecified atom stereocenters. The van der Waals surface area contributed by atoms with E-state index in [0.29, 0.717) is 16.9 Å². The Morgan fingerprint density at radius 3 is 2.48 bits per heavy atom. The monoisotopic (exact) mass is 845 g/mol. The molecule has 1 aliphatic heterocycles. The number of nitrogens with zero attached hydrogens (tertiary/aromatic N) is 2. The van der Waals surface area contributed by atoms with Crippen LogP contribution < -0.4 is 38.2 Å². The van der Waals surface area contributed by atoms with Crippen LogP contribution in [0.2, 0.25) is 0 Å². The van der Waals surface area contributed by atoms with Crippen molar-refractivity contribution in [2.24, 2.45) is 5.73 Å². The van der Waals surface area contributed by atoms with E-state index in [4.69, 9.17) is 10.5 Å². The van der Waals surface area contributed by atoms with Crippen LogP contribution in [0.25, 0.3) is 10.9 Å². The second kappa shape index (κ2) is 20.3. The topological polar surface area (TPSA) is 283 Å². The molecular weight excluding hydrogens is 799 g/mol. The number of carboxylic acids is 1. The third-order valence-electron chi connectivity index (χ3n) is 9.80. The van der Waals surface area contributed by atoms with Crippen molar-refractivity contribution in [3.63, 3.8) is 0 Å². The molecule has 4 aromatic rings. The highest BCUT2D eigenvalue weighted by atomic mass is 32.2. The summed E-state index contributed by atoms with van der Waals surface area (Å²) in [6, 6.07) is 7.52. The van der Waals surface area contributed by atoms with Crippen LogP contribution in [-0.2, 0) is 36.8 Å². The zero-order valence-corrected chi connectivity index (χ0v) is 33.7. The highest BCUT2D eigenvalue weighted by Gasteiger charge is 2.35. The number of rotatable bonds is 18. The number of benzene rings is 2. The Hall–Kier alpha value is -6.80. The number of phenolic OH excluding ortho intramolecular Hbond substituents is 1. The number of hydrogen-bond donors (Lipinski definition) is 9. The third kappa shape index (κ3) is 11.4. The summed E-state index contributed by atoms with van der Waals surface area (Å²) in [6.07, 6.45) is 8.00. The minimum absolute atomic E-state index is 0.00770. The fourth-order valence-electron chi connectivity index (χ4n) is 6.44. The fourth-order valence-corrected chi connectivity index (χ4v) is 6.91. The van der Waals surface area contributed by atoms with Gasteiger partial charge in [0.1, 0.15) is 29.6 Å². The number of nitrogens with one attached hydrogen (secondary N) is 6. The summed E-state index contributed by atoms with van der Waals surface area (Å²) >= 11 is 1.39. The van der Waals surface area contributed by atoms with Gasteiger partial charge in [-0.1, -0.05) is 30.3 Å². The Bertz CT molecular complexity index is 2390. The fraction of sp³-hybridized carbons (Fsp3) is 0.325. The first-order chi connectivity index (χ1) is 28.6. The first-order valence-corrected chi connectivity index (χ1v) is 20.2. The molecule has 0 fully saturated rings. The molecule has 19 nitrogen and oxygen atoms in total. The van der Waals surface area contributed by atoms with E-state index < -0.39 is 77.4 Å². The lowest BCUT2D eigenvalue weighted by Crippen LogP contribution is -2.62. The average Bonchev–Trinajstić information content (AvgIpc) is 3.86. The van der Waals surface area contributed by atoms with E-state index in [9.17, 15) is 43.8 Å². The number of aromatic amines is 2. The van der Waals surface area contributed by atoms with Crippen LogP contribution in [0.1, 0.15) is 30.7 Å². The predicted molar refractivity (Wildman–Crippen MR) is 223 cm³/mol. The van der Waals surface area contributed by atoms with E-state index in [0.717, 1.165) is 21.5 Å². The molecule has 6 atom stereocenters. The summed E-state index contributed by atoms with van der Waals surface area (Å²) in [5, 5.41) is 30.9. The zero-order valence-electron chi connectivity index (χ0n) is 32.9. The Balaban J connectivity index is 1.33. The normalized spacial score (nSPS) is 16.5. The number of ether oxygens (including phenoxy) is 1. The van der Waals surface area contributed by atoms with Crippen molar-refractivity contribution in [2.45, 2.75) is 62.6 Å². The van der Waals surface area contributed by atoms with Crippen molar-refractivity contribution in [2.75, 3.05) is 19.1 Å². The lowest BCUT2D eigenvalue weighted by atomic mass is 10.0. The number of allylic oxidation sites excluding steroid dienone is 1. The first-order valence-electron chi connectivity index (χ1n) is 18.8. The molecule has 10 N–H and O–H groups in total. The first kappa shape index (κ1) is 44.3. The van der Waals surface area contributed by atoms with E-state index in [-0.39, 0.29) is 30.8 Å². The van der Waals surface area contributed by atoms with E-state index in [1.165, 1.54) is 67.3 Å². The van der Waals surface area contributed by atoms with Crippen LogP contribution >= 0.6 is 11.8 Å². The largest absolute Gasteiger partial charge is 0.508 e. The lowest BCUT2D eigenvalue weighted by molar-refractivity contribution is -0.139. The molecule has 0 aliphatic carbocycles. The quantitative estimate of drug-likeness (QED) is 0.0672. The summed E-state index contributed by atoms with van der Waals surface area (Å²) in [7, 11) is 1.41. The molecule has 0 bridgehead atoms. The van der Waals surface area contributed by atoms with Gasteiger partial charge in [0.2, 0.25) is 17.7 Å². The molecule has 1 aliphatic rings.